The maximum absolute atomic E-state index is 11.8. The highest BCUT2D eigenvalue weighted by atomic mass is 16.6. The fourth-order valence-corrected chi connectivity index (χ4v) is 2.77. The summed E-state index contributed by atoms with van der Waals surface area (Å²) < 4.78 is 5.23. The van der Waals surface area contributed by atoms with Crippen LogP contribution in [0.1, 0.15) is 65.7 Å². The molecular weight excluding hydrogens is 258 g/mol. The Labute approximate surface area is 121 Å². The lowest BCUT2D eigenvalue weighted by molar-refractivity contribution is -0.0534. The summed E-state index contributed by atoms with van der Waals surface area (Å²) in [5.41, 5.74) is -0.544. The Morgan fingerprint density at radius 3 is 2.35 bits per heavy atom. The van der Waals surface area contributed by atoms with E-state index in [1.165, 1.54) is 19.3 Å². The van der Waals surface area contributed by atoms with E-state index < -0.39 is 18.0 Å². The van der Waals surface area contributed by atoms with Crippen LogP contribution in [0.25, 0.3) is 0 Å². The smallest absolute Gasteiger partial charge is 0.407 e. The summed E-state index contributed by atoms with van der Waals surface area (Å²) in [7, 11) is 0. The summed E-state index contributed by atoms with van der Waals surface area (Å²) in [4.78, 5) is 11.8. The van der Waals surface area contributed by atoms with Crippen LogP contribution in [-0.2, 0) is 4.74 Å². The van der Waals surface area contributed by atoms with Gasteiger partial charge in [0, 0.05) is 12.5 Å². The highest BCUT2D eigenvalue weighted by molar-refractivity contribution is 5.68. The first-order valence-corrected chi connectivity index (χ1v) is 7.62. The number of alkyl carbamates (subject to hydrolysis) is 1. The number of hydrogen-bond donors (Lipinski definition) is 3. The van der Waals surface area contributed by atoms with Gasteiger partial charge in [-0.05, 0) is 33.1 Å². The fraction of sp³-hybridized carbons (Fsp3) is 0.933. The number of amides is 1. The second-order valence-electron chi connectivity index (χ2n) is 6.80. The number of carbonyl (C=O) groups is 1. The van der Waals surface area contributed by atoms with E-state index in [-0.39, 0.29) is 12.5 Å². The normalized spacial score (nSPS) is 18.9. The monoisotopic (exact) mass is 287 g/mol. The van der Waals surface area contributed by atoms with Crippen LogP contribution in [0.4, 0.5) is 4.79 Å². The van der Waals surface area contributed by atoms with Gasteiger partial charge in [0.25, 0.3) is 0 Å². The molecule has 0 aliphatic heterocycles. The van der Waals surface area contributed by atoms with Crippen molar-refractivity contribution in [1.29, 1.82) is 0 Å². The zero-order valence-electron chi connectivity index (χ0n) is 12.9. The molecule has 5 heteroatoms. The maximum atomic E-state index is 11.8. The Hall–Kier alpha value is -0.810. The Bertz CT molecular complexity index is 293. The molecule has 118 valence electrons. The Morgan fingerprint density at radius 1 is 1.25 bits per heavy atom. The molecular formula is C15H29NO4. The minimum atomic E-state index is -1.40. The highest BCUT2D eigenvalue weighted by Crippen LogP contribution is 2.28. The first kappa shape index (κ1) is 17.2. The van der Waals surface area contributed by atoms with Crippen molar-refractivity contribution >= 4 is 6.09 Å². The molecule has 20 heavy (non-hydrogen) atoms. The summed E-state index contributed by atoms with van der Waals surface area (Å²) >= 11 is 0. The third kappa shape index (κ3) is 7.70. The van der Waals surface area contributed by atoms with Crippen LogP contribution in [-0.4, -0.2) is 34.2 Å². The van der Waals surface area contributed by atoms with Crippen molar-refractivity contribution in [2.24, 2.45) is 5.92 Å². The molecule has 0 radical (unpaired) electrons. The SMILES string of the molecule is CC(C)(C)OC(=O)N[C@H](CC(O)O)CC1CCCCC1. The predicted molar refractivity (Wildman–Crippen MR) is 77.2 cm³/mol. The zero-order valence-corrected chi connectivity index (χ0v) is 12.9. The lowest BCUT2D eigenvalue weighted by atomic mass is 9.84. The van der Waals surface area contributed by atoms with Crippen LogP contribution in [0, 0.1) is 5.92 Å². The van der Waals surface area contributed by atoms with Crippen LogP contribution < -0.4 is 5.32 Å². The van der Waals surface area contributed by atoms with Crippen molar-refractivity contribution in [3.8, 4) is 0 Å². The molecule has 5 nitrogen and oxygen atoms in total. The lowest BCUT2D eigenvalue weighted by Gasteiger charge is -2.28. The Kier molecular flexibility index (Phi) is 6.76. The van der Waals surface area contributed by atoms with E-state index in [1.807, 2.05) is 20.8 Å². The number of aliphatic hydroxyl groups is 2. The minimum Gasteiger partial charge on any atom is -0.444 e. The van der Waals surface area contributed by atoms with Crippen molar-refractivity contribution < 1.29 is 19.7 Å². The van der Waals surface area contributed by atoms with Crippen LogP contribution in [0.15, 0.2) is 0 Å². The van der Waals surface area contributed by atoms with E-state index in [1.54, 1.807) is 0 Å². The fourth-order valence-electron chi connectivity index (χ4n) is 2.77. The molecule has 1 aliphatic carbocycles. The molecule has 0 heterocycles. The molecule has 0 aromatic rings. The third-order valence-electron chi connectivity index (χ3n) is 3.56. The molecule has 1 fully saturated rings. The van der Waals surface area contributed by atoms with Gasteiger partial charge in [0.15, 0.2) is 6.29 Å². The van der Waals surface area contributed by atoms with Gasteiger partial charge >= 0.3 is 6.09 Å². The van der Waals surface area contributed by atoms with Crippen molar-refractivity contribution in [2.75, 3.05) is 0 Å². The van der Waals surface area contributed by atoms with Crippen LogP contribution in [0.5, 0.6) is 0 Å². The average Bonchev–Trinajstić information content (AvgIpc) is 2.26. The second kappa shape index (κ2) is 7.84. The van der Waals surface area contributed by atoms with Gasteiger partial charge in [-0.1, -0.05) is 32.1 Å². The van der Waals surface area contributed by atoms with Crippen molar-refractivity contribution in [2.45, 2.75) is 83.6 Å². The minimum absolute atomic E-state index is 0.149. The van der Waals surface area contributed by atoms with Crippen LogP contribution in [0.2, 0.25) is 0 Å². The van der Waals surface area contributed by atoms with Gasteiger partial charge in [0.2, 0.25) is 0 Å². The third-order valence-corrected chi connectivity index (χ3v) is 3.56. The topological polar surface area (TPSA) is 78.8 Å². The molecule has 1 atom stereocenters. The molecule has 0 bridgehead atoms. The number of hydrogen-bond acceptors (Lipinski definition) is 4. The molecule has 1 rings (SSSR count). The summed E-state index contributed by atoms with van der Waals surface area (Å²) in [5, 5.41) is 21.1. The van der Waals surface area contributed by atoms with Crippen LogP contribution in [0.3, 0.4) is 0 Å². The molecule has 0 unspecified atom stereocenters. The number of aliphatic hydroxyl groups excluding tert-OH is 1. The summed E-state index contributed by atoms with van der Waals surface area (Å²) in [5.74, 6) is 0.558. The summed E-state index contributed by atoms with van der Waals surface area (Å²) in [6.07, 6.45) is 5.10. The molecule has 3 N–H and O–H groups in total. The maximum Gasteiger partial charge on any atom is 0.407 e. The second-order valence-corrected chi connectivity index (χ2v) is 6.80. The average molecular weight is 287 g/mol. The van der Waals surface area contributed by atoms with Gasteiger partial charge in [-0.25, -0.2) is 4.79 Å². The number of carbonyl (C=O) groups excluding carboxylic acids is 1. The lowest BCUT2D eigenvalue weighted by Crippen LogP contribution is -2.41. The van der Waals surface area contributed by atoms with Gasteiger partial charge in [0.05, 0.1) is 0 Å². The van der Waals surface area contributed by atoms with E-state index in [0.29, 0.717) is 5.92 Å². The van der Waals surface area contributed by atoms with Gasteiger partial charge in [-0.3, -0.25) is 0 Å². The number of nitrogens with one attached hydrogen (secondary N) is 1. The molecule has 0 aromatic carbocycles. The number of rotatable bonds is 5. The molecule has 0 aromatic heterocycles. The van der Waals surface area contributed by atoms with Crippen LogP contribution >= 0.6 is 0 Å². The first-order valence-electron chi connectivity index (χ1n) is 7.62. The van der Waals surface area contributed by atoms with Gasteiger partial charge in [-0.15, -0.1) is 0 Å². The predicted octanol–water partition coefficient (Wildman–Crippen LogP) is 2.55. The highest BCUT2D eigenvalue weighted by Gasteiger charge is 2.24. The quantitative estimate of drug-likeness (QED) is 0.679. The number of ether oxygens (including phenoxy) is 1. The van der Waals surface area contributed by atoms with E-state index in [2.05, 4.69) is 5.32 Å². The van der Waals surface area contributed by atoms with Crippen molar-refractivity contribution in [3.63, 3.8) is 0 Å². The first-order chi connectivity index (χ1) is 9.26. The van der Waals surface area contributed by atoms with Gasteiger partial charge < -0.3 is 20.3 Å². The summed E-state index contributed by atoms with van der Waals surface area (Å²) in [6, 6.07) is -0.243. The van der Waals surface area contributed by atoms with Gasteiger partial charge in [0.1, 0.15) is 5.60 Å². The largest absolute Gasteiger partial charge is 0.444 e. The zero-order chi connectivity index (χ0) is 15.2. The molecule has 0 saturated heterocycles. The molecule has 1 saturated carbocycles. The van der Waals surface area contributed by atoms with E-state index in [4.69, 9.17) is 14.9 Å². The summed E-state index contributed by atoms with van der Waals surface area (Å²) in [6.45, 7) is 5.43. The molecule has 1 aliphatic rings. The van der Waals surface area contributed by atoms with E-state index in [0.717, 1.165) is 19.3 Å². The van der Waals surface area contributed by atoms with E-state index >= 15 is 0 Å². The van der Waals surface area contributed by atoms with Gasteiger partial charge in [-0.2, -0.15) is 0 Å². The Morgan fingerprint density at radius 2 is 1.85 bits per heavy atom. The van der Waals surface area contributed by atoms with E-state index in [9.17, 15) is 4.79 Å². The Balaban J connectivity index is 2.48. The molecule has 1 amide bonds. The van der Waals surface area contributed by atoms with Crippen molar-refractivity contribution in [3.05, 3.63) is 0 Å². The van der Waals surface area contributed by atoms with Crippen molar-refractivity contribution in [1.82, 2.24) is 5.32 Å². The standard InChI is InChI=1S/C15H29NO4/c1-15(2,3)20-14(19)16-12(10-13(17)18)9-11-7-5-4-6-8-11/h11-13,17-18H,4-10H2,1-3H3,(H,16,19)/t12-/m0/s1. The molecule has 0 spiro atoms.